The summed E-state index contributed by atoms with van der Waals surface area (Å²) >= 11 is 1.33. The number of hydrogen-bond acceptors (Lipinski definition) is 5. The molecule has 0 saturated heterocycles. The number of anilines is 1. The number of fused-ring (bicyclic) bond motifs is 1. The molecule has 1 aliphatic heterocycles. The topological polar surface area (TPSA) is 102 Å². The third-order valence-electron chi connectivity index (χ3n) is 3.53. The minimum absolute atomic E-state index is 0.0682. The van der Waals surface area contributed by atoms with Crippen LogP contribution in [0.5, 0.6) is 0 Å². The lowest BCUT2D eigenvalue weighted by atomic mass is 10.0. The number of nitrogen functional groups attached to an aromatic ring is 1. The molecular weight excluding hydrogens is 288 g/mol. The summed E-state index contributed by atoms with van der Waals surface area (Å²) < 4.78 is 0. The van der Waals surface area contributed by atoms with Crippen LogP contribution in [0, 0.1) is 0 Å². The minimum Gasteiger partial charge on any atom is -0.390 e. The van der Waals surface area contributed by atoms with E-state index in [0.717, 1.165) is 10.4 Å². The maximum Gasteiger partial charge on any atom is 0.255 e. The van der Waals surface area contributed by atoms with Crippen LogP contribution in [0.3, 0.4) is 0 Å². The molecule has 0 fully saturated rings. The van der Waals surface area contributed by atoms with E-state index in [-0.39, 0.29) is 5.91 Å². The molecule has 21 heavy (non-hydrogen) atoms. The molecule has 0 aromatic carbocycles. The first kappa shape index (κ1) is 13.6. The highest BCUT2D eigenvalue weighted by atomic mass is 32.1. The summed E-state index contributed by atoms with van der Waals surface area (Å²) in [6.45, 7) is 0.988. The zero-order chi connectivity index (χ0) is 15.0. The maximum atomic E-state index is 12.4. The Balaban J connectivity index is 1.87. The summed E-state index contributed by atoms with van der Waals surface area (Å²) in [5.74, 6) is -0.571. The first-order valence-corrected chi connectivity index (χ1v) is 7.28. The van der Waals surface area contributed by atoms with E-state index in [2.05, 4.69) is 4.98 Å². The van der Waals surface area contributed by atoms with Gasteiger partial charge in [-0.2, -0.15) is 0 Å². The molecule has 3 heterocycles. The third-order valence-corrected chi connectivity index (χ3v) is 4.57. The number of hydrogen-bond donors (Lipinski definition) is 2. The molecule has 6 nitrogen and oxygen atoms in total. The highest BCUT2D eigenvalue weighted by molar-refractivity contribution is 7.16. The standard InChI is InChI=1S/C14H14N4O2S/c15-12(19)11-9-3-5-18(7-10(9)21-13(11)16)14(20)8-2-1-4-17-6-8/h1-2,4,6H,3,5,7,16H2,(H2,15,19). The number of amides is 2. The van der Waals surface area contributed by atoms with Crippen molar-refractivity contribution < 1.29 is 9.59 Å². The molecule has 2 aromatic heterocycles. The van der Waals surface area contributed by atoms with Crippen molar-refractivity contribution in [3.63, 3.8) is 0 Å². The van der Waals surface area contributed by atoms with E-state index in [1.54, 1.807) is 29.4 Å². The zero-order valence-corrected chi connectivity index (χ0v) is 12.0. The number of rotatable bonds is 2. The Labute approximate surface area is 125 Å². The van der Waals surface area contributed by atoms with Gasteiger partial charge in [0.15, 0.2) is 0 Å². The van der Waals surface area contributed by atoms with Crippen LogP contribution in [0.15, 0.2) is 24.5 Å². The van der Waals surface area contributed by atoms with Gasteiger partial charge in [0.1, 0.15) is 0 Å². The lowest BCUT2D eigenvalue weighted by Crippen LogP contribution is -2.36. The van der Waals surface area contributed by atoms with Gasteiger partial charge in [-0.15, -0.1) is 11.3 Å². The molecule has 0 aliphatic carbocycles. The number of nitrogens with two attached hydrogens (primary N) is 2. The summed E-state index contributed by atoms with van der Waals surface area (Å²) in [6, 6.07) is 3.47. The third kappa shape index (κ3) is 2.36. The van der Waals surface area contributed by atoms with Crippen LogP contribution in [0.25, 0.3) is 0 Å². The van der Waals surface area contributed by atoms with Crippen LogP contribution >= 0.6 is 11.3 Å². The predicted octanol–water partition coefficient (Wildman–Crippen LogP) is 1.02. The number of nitrogens with zero attached hydrogens (tertiary/aromatic N) is 2. The van der Waals surface area contributed by atoms with Gasteiger partial charge < -0.3 is 16.4 Å². The van der Waals surface area contributed by atoms with Crippen LogP contribution in [0.4, 0.5) is 5.00 Å². The maximum absolute atomic E-state index is 12.4. The lowest BCUT2D eigenvalue weighted by molar-refractivity contribution is 0.0736. The van der Waals surface area contributed by atoms with Crippen molar-refractivity contribution in [1.29, 1.82) is 0 Å². The Hall–Kier alpha value is -2.41. The smallest absolute Gasteiger partial charge is 0.255 e. The van der Waals surface area contributed by atoms with Crippen molar-refractivity contribution >= 4 is 28.2 Å². The molecule has 0 radical (unpaired) electrons. The number of pyridine rings is 1. The van der Waals surface area contributed by atoms with E-state index in [0.29, 0.717) is 35.6 Å². The number of carbonyl (C=O) groups excluding carboxylic acids is 2. The molecule has 2 amide bonds. The molecule has 0 spiro atoms. The van der Waals surface area contributed by atoms with Gasteiger partial charge in [-0.3, -0.25) is 14.6 Å². The van der Waals surface area contributed by atoms with Crippen molar-refractivity contribution in [2.75, 3.05) is 12.3 Å². The highest BCUT2D eigenvalue weighted by Gasteiger charge is 2.28. The fourth-order valence-corrected chi connectivity index (χ4v) is 3.68. The van der Waals surface area contributed by atoms with E-state index in [9.17, 15) is 9.59 Å². The molecule has 7 heteroatoms. The van der Waals surface area contributed by atoms with Gasteiger partial charge in [0.2, 0.25) is 0 Å². The fourth-order valence-electron chi connectivity index (χ4n) is 2.54. The van der Waals surface area contributed by atoms with E-state index < -0.39 is 5.91 Å². The molecule has 0 bridgehead atoms. The Kier molecular flexibility index (Phi) is 3.34. The molecule has 2 aromatic rings. The number of aromatic nitrogens is 1. The second-order valence-electron chi connectivity index (χ2n) is 4.83. The molecule has 0 unspecified atom stereocenters. The molecule has 3 rings (SSSR count). The van der Waals surface area contributed by atoms with Crippen LogP contribution < -0.4 is 11.5 Å². The molecule has 4 N–H and O–H groups in total. The average molecular weight is 302 g/mol. The average Bonchev–Trinajstić information content (AvgIpc) is 2.82. The number of primary amides is 1. The van der Waals surface area contributed by atoms with Crippen LogP contribution in [-0.4, -0.2) is 28.2 Å². The van der Waals surface area contributed by atoms with Crippen LogP contribution in [0.2, 0.25) is 0 Å². The molecule has 0 saturated carbocycles. The normalized spacial score (nSPS) is 13.8. The number of thiophene rings is 1. The van der Waals surface area contributed by atoms with Crippen LogP contribution in [0.1, 0.15) is 31.2 Å². The summed E-state index contributed by atoms with van der Waals surface area (Å²) in [5, 5.41) is 0.433. The SMILES string of the molecule is NC(=O)c1c(N)sc2c1CCN(C(=O)c1cccnc1)C2. The van der Waals surface area contributed by atoms with Gasteiger partial charge >= 0.3 is 0 Å². The van der Waals surface area contributed by atoms with Crippen molar-refractivity contribution in [3.8, 4) is 0 Å². The van der Waals surface area contributed by atoms with Gasteiger partial charge in [0, 0.05) is 23.8 Å². The Morgan fingerprint density at radius 2 is 2.19 bits per heavy atom. The quantitative estimate of drug-likeness (QED) is 0.864. The van der Waals surface area contributed by atoms with Crippen molar-refractivity contribution in [2.45, 2.75) is 13.0 Å². The van der Waals surface area contributed by atoms with Gasteiger partial charge in [-0.1, -0.05) is 0 Å². The second kappa shape index (κ2) is 5.17. The Morgan fingerprint density at radius 3 is 2.86 bits per heavy atom. The highest BCUT2D eigenvalue weighted by Crippen LogP contribution is 2.35. The van der Waals surface area contributed by atoms with Gasteiger partial charge in [0.25, 0.3) is 11.8 Å². The van der Waals surface area contributed by atoms with E-state index in [1.807, 2.05) is 0 Å². The van der Waals surface area contributed by atoms with E-state index >= 15 is 0 Å². The van der Waals surface area contributed by atoms with E-state index in [1.165, 1.54) is 11.3 Å². The monoisotopic (exact) mass is 302 g/mol. The molecular formula is C14H14N4O2S. The summed E-state index contributed by atoms with van der Waals surface area (Å²) in [5.41, 5.74) is 13.1. The van der Waals surface area contributed by atoms with Gasteiger partial charge in [-0.05, 0) is 24.1 Å². The largest absolute Gasteiger partial charge is 0.390 e. The number of carbonyl (C=O) groups is 2. The first-order valence-electron chi connectivity index (χ1n) is 6.47. The first-order chi connectivity index (χ1) is 10.1. The van der Waals surface area contributed by atoms with Crippen molar-refractivity contribution in [2.24, 2.45) is 5.73 Å². The molecule has 1 aliphatic rings. The molecule has 0 atom stereocenters. The minimum atomic E-state index is -0.503. The van der Waals surface area contributed by atoms with E-state index in [4.69, 9.17) is 11.5 Å². The molecule has 108 valence electrons. The Morgan fingerprint density at radius 1 is 1.38 bits per heavy atom. The summed E-state index contributed by atoms with van der Waals surface area (Å²) in [7, 11) is 0. The second-order valence-corrected chi connectivity index (χ2v) is 5.96. The van der Waals surface area contributed by atoms with Gasteiger partial charge in [0.05, 0.1) is 22.7 Å². The summed E-state index contributed by atoms with van der Waals surface area (Å²) in [6.07, 6.45) is 3.77. The van der Waals surface area contributed by atoms with Crippen molar-refractivity contribution in [1.82, 2.24) is 9.88 Å². The fraction of sp³-hybridized carbons (Fsp3) is 0.214. The van der Waals surface area contributed by atoms with Crippen LogP contribution in [-0.2, 0) is 13.0 Å². The predicted molar refractivity (Wildman–Crippen MR) is 79.9 cm³/mol. The Bertz CT molecular complexity index is 711. The van der Waals surface area contributed by atoms with Crippen molar-refractivity contribution in [3.05, 3.63) is 46.1 Å². The zero-order valence-electron chi connectivity index (χ0n) is 11.2. The van der Waals surface area contributed by atoms with Gasteiger partial charge in [-0.25, -0.2) is 0 Å². The summed E-state index contributed by atoms with van der Waals surface area (Å²) in [4.78, 5) is 30.5. The lowest BCUT2D eigenvalue weighted by Gasteiger charge is -2.27.